The van der Waals surface area contributed by atoms with Crippen molar-refractivity contribution in [3.8, 4) is 0 Å². The summed E-state index contributed by atoms with van der Waals surface area (Å²) in [5.41, 5.74) is -1.18. The van der Waals surface area contributed by atoms with E-state index in [4.69, 9.17) is 0 Å². The molecule has 0 spiro atoms. The molecule has 0 heterocycles. The van der Waals surface area contributed by atoms with Crippen LogP contribution in [-0.4, -0.2) is 13.3 Å². The van der Waals surface area contributed by atoms with Crippen LogP contribution in [0, 0.1) is 0 Å². The van der Waals surface area contributed by atoms with Gasteiger partial charge in [-0.15, -0.1) is 0 Å². The van der Waals surface area contributed by atoms with Crippen molar-refractivity contribution in [2.75, 3.05) is 13.3 Å². The first-order valence-corrected chi connectivity index (χ1v) is 8.47. The Morgan fingerprint density at radius 3 is 1.90 bits per heavy atom. The summed E-state index contributed by atoms with van der Waals surface area (Å²) < 4.78 is 0. The van der Waals surface area contributed by atoms with Crippen molar-refractivity contribution in [2.45, 2.75) is 0 Å². The van der Waals surface area contributed by atoms with E-state index in [0.29, 0.717) is 0 Å². The Balaban J connectivity index is 2.97. The van der Waals surface area contributed by atoms with Crippen LogP contribution in [-0.2, 0) is 18.7 Å². The molecule has 10 heavy (non-hydrogen) atoms. The van der Waals surface area contributed by atoms with Crippen LogP contribution in [0.2, 0.25) is 0 Å². The Labute approximate surface area is 73.3 Å². The van der Waals surface area contributed by atoms with Gasteiger partial charge >= 0.3 is 73.1 Å². The molecule has 0 nitrogen and oxygen atoms in total. The summed E-state index contributed by atoms with van der Waals surface area (Å²) in [5.74, 6) is 0. The zero-order valence-electron chi connectivity index (χ0n) is 6.20. The predicted octanol–water partition coefficient (Wildman–Crippen LogP) is 1.78. The maximum atomic E-state index is 3.45. The van der Waals surface area contributed by atoms with Crippen molar-refractivity contribution in [3.05, 3.63) is 30.3 Å². The van der Waals surface area contributed by atoms with Crippen LogP contribution in [0.4, 0.5) is 0 Å². The molecule has 0 unspecified atom stereocenters. The Bertz CT molecular complexity index is 200. The number of hydrogen-bond acceptors (Lipinski definition) is 0. The van der Waals surface area contributed by atoms with Gasteiger partial charge in [0, 0.05) is 0 Å². The molecule has 0 atom stereocenters. The van der Waals surface area contributed by atoms with Crippen molar-refractivity contribution in [1.82, 2.24) is 0 Å². The van der Waals surface area contributed by atoms with E-state index in [1.807, 2.05) is 0 Å². The average molecular weight is 246 g/mol. The Morgan fingerprint density at radius 2 is 1.60 bits per heavy atom. The monoisotopic (exact) mass is 245 g/mol. The molecule has 0 fully saturated rings. The van der Waals surface area contributed by atoms with Crippen LogP contribution >= 0.6 is 5.45 Å². The van der Waals surface area contributed by atoms with E-state index in [0.717, 1.165) is 0 Å². The molecule has 0 saturated carbocycles. The van der Waals surface area contributed by atoms with Crippen molar-refractivity contribution in [1.29, 1.82) is 0 Å². The summed E-state index contributed by atoms with van der Waals surface area (Å²) in [6.45, 7) is 4.59. The molecule has 0 aliphatic heterocycles. The van der Waals surface area contributed by atoms with Crippen molar-refractivity contribution in [3.63, 3.8) is 0 Å². The second kappa shape index (κ2) is 3.14. The van der Waals surface area contributed by atoms with E-state index in [1.165, 1.54) is 5.30 Å². The van der Waals surface area contributed by atoms with Gasteiger partial charge in [-0.25, -0.2) is 0 Å². The van der Waals surface area contributed by atoms with Gasteiger partial charge in [-0.1, -0.05) is 0 Å². The fourth-order valence-corrected chi connectivity index (χ4v) is 2.57. The molecular formula is C8H12PPd. The molecule has 0 aromatic heterocycles. The number of benzene rings is 1. The van der Waals surface area contributed by atoms with E-state index >= 15 is 0 Å². The summed E-state index contributed by atoms with van der Waals surface area (Å²) in [4.78, 5) is 0. The Hall–Kier alpha value is 0.312. The molecule has 1 aromatic rings. The quantitative estimate of drug-likeness (QED) is 0.523. The first-order valence-electron chi connectivity index (χ1n) is 3.32. The molecule has 0 bridgehead atoms. The molecule has 2 heteroatoms. The standard InChI is InChI=1S/C8H11P.Pd/c1-9(2)8-6-4-3-5-7-8;/h3-7H,1-2H3;/q;-1/p+1. The van der Waals surface area contributed by atoms with Gasteiger partial charge in [0.25, 0.3) is 0 Å². The van der Waals surface area contributed by atoms with E-state index in [1.54, 1.807) is 0 Å². The van der Waals surface area contributed by atoms with Gasteiger partial charge in [0.2, 0.25) is 0 Å². The van der Waals surface area contributed by atoms with Crippen molar-refractivity contribution < 1.29 is 18.7 Å². The van der Waals surface area contributed by atoms with Gasteiger partial charge < -0.3 is 0 Å². The summed E-state index contributed by atoms with van der Waals surface area (Å²) in [6, 6.07) is 10.6. The summed E-state index contributed by atoms with van der Waals surface area (Å²) in [5, 5.41) is 1.47. The zero-order valence-corrected chi connectivity index (χ0v) is 8.76. The number of hydrogen-bond donors (Lipinski definition) is 0. The Kier molecular flexibility index (Phi) is 2.64. The van der Waals surface area contributed by atoms with Gasteiger partial charge in [-0.05, 0) is 0 Å². The Morgan fingerprint density at radius 1 is 1.10 bits per heavy atom. The maximum absolute atomic E-state index is 3.45. The summed E-state index contributed by atoms with van der Waals surface area (Å²) in [6.07, 6.45) is 0. The molecule has 1 aromatic carbocycles. The van der Waals surface area contributed by atoms with Crippen molar-refractivity contribution in [2.24, 2.45) is 0 Å². The van der Waals surface area contributed by atoms with Gasteiger partial charge in [-0.2, -0.15) is 0 Å². The van der Waals surface area contributed by atoms with Crippen LogP contribution in [0.15, 0.2) is 30.3 Å². The predicted molar refractivity (Wildman–Crippen MR) is 46.2 cm³/mol. The summed E-state index contributed by atoms with van der Waals surface area (Å²) >= 11 is 3.45. The van der Waals surface area contributed by atoms with Crippen LogP contribution in [0.25, 0.3) is 0 Å². The van der Waals surface area contributed by atoms with E-state index in [9.17, 15) is 0 Å². The molecule has 59 valence electrons. The third kappa shape index (κ3) is 2.17. The van der Waals surface area contributed by atoms with E-state index in [2.05, 4.69) is 62.4 Å². The van der Waals surface area contributed by atoms with E-state index < -0.39 is 5.45 Å². The molecular weight excluding hydrogens is 233 g/mol. The third-order valence-corrected chi connectivity index (χ3v) is 4.46. The van der Waals surface area contributed by atoms with E-state index in [-0.39, 0.29) is 0 Å². The average Bonchev–Trinajstić information content (AvgIpc) is 1.88. The molecule has 0 aliphatic carbocycles. The molecule has 0 saturated heterocycles. The van der Waals surface area contributed by atoms with Crippen molar-refractivity contribution >= 4 is 10.8 Å². The first-order chi connectivity index (χ1) is 4.61. The minimum atomic E-state index is -1.18. The second-order valence-electron chi connectivity index (χ2n) is 2.76. The normalized spacial score (nSPS) is 13.2. The molecule has 0 aliphatic rings. The zero-order chi connectivity index (χ0) is 7.61. The van der Waals surface area contributed by atoms with Gasteiger partial charge in [-0.3, -0.25) is 0 Å². The number of rotatable bonds is 1. The first kappa shape index (κ1) is 8.41. The molecule has 0 radical (unpaired) electrons. The summed E-state index contributed by atoms with van der Waals surface area (Å²) in [7, 11) is 0. The SMILES string of the molecule is C[PH](C)([Pd])c1ccccc1. The second-order valence-corrected chi connectivity index (χ2v) is 12.0. The van der Waals surface area contributed by atoms with Crippen LogP contribution < -0.4 is 5.30 Å². The fraction of sp³-hybridized carbons (Fsp3) is 0.250. The molecule has 0 N–H and O–H groups in total. The van der Waals surface area contributed by atoms with Gasteiger partial charge in [0.1, 0.15) is 0 Å². The van der Waals surface area contributed by atoms with Crippen LogP contribution in [0.1, 0.15) is 0 Å². The topological polar surface area (TPSA) is 0 Å². The van der Waals surface area contributed by atoms with Gasteiger partial charge in [0.05, 0.1) is 0 Å². The van der Waals surface area contributed by atoms with Gasteiger partial charge in [0.15, 0.2) is 0 Å². The minimum absolute atomic E-state index is 1.18. The fourth-order valence-electron chi connectivity index (χ4n) is 0.824. The third-order valence-electron chi connectivity index (χ3n) is 1.44. The molecule has 1 rings (SSSR count). The van der Waals surface area contributed by atoms with Crippen LogP contribution in [0.3, 0.4) is 0 Å². The van der Waals surface area contributed by atoms with Crippen LogP contribution in [0.5, 0.6) is 0 Å². The molecule has 0 amide bonds.